The smallest absolute Gasteiger partial charge is 0.180 e. The predicted octanol–water partition coefficient (Wildman–Crippen LogP) is 0.546. The van der Waals surface area contributed by atoms with Crippen molar-refractivity contribution in [2.45, 2.75) is 19.4 Å². The Bertz CT molecular complexity index is 168. The minimum absolute atomic E-state index is 0.0334. The van der Waals surface area contributed by atoms with E-state index in [0.29, 0.717) is 6.61 Å². The molecule has 0 saturated heterocycles. The Morgan fingerprint density at radius 2 is 2.14 bits per heavy atom. The Morgan fingerprint density at radius 3 is 2.71 bits per heavy atom. The molecule has 0 amide bonds. The van der Waals surface area contributed by atoms with Crippen molar-refractivity contribution in [3.8, 4) is 0 Å². The third kappa shape index (κ3) is 7.91. The second-order valence-corrected chi connectivity index (χ2v) is 2.91. The van der Waals surface area contributed by atoms with Crippen LogP contribution in [0.5, 0.6) is 0 Å². The van der Waals surface area contributed by atoms with Gasteiger partial charge in [0.05, 0.1) is 13.2 Å². The van der Waals surface area contributed by atoms with Gasteiger partial charge >= 0.3 is 0 Å². The lowest BCUT2D eigenvalue weighted by molar-refractivity contribution is -0.120. The van der Waals surface area contributed by atoms with Gasteiger partial charge in [-0.15, -0.1) is 0 Å². The van der Waals surface area contributed by atoms with Crippen LogP contribution in [0.25, 0.3) is 0 Å². The van der Waals surface area contributed by atoms with Gasteiger partial charge in [0.15, 0.2) is 5.78 Å². The van der Waals surface area contributed by atoms with Gasteiger partial charge in [-0.25, -0.2) is 0 Å². The summed E-state index contributed by atoms with van der Waals surface area (Å²) in [6.45, 7) is 6.25. The lowest BCUT2D eigenvalue weighted by Crippen LogP contribution is -2.23. The highest BCUT2D eigenvalue weighted by Crippen LogP contribution is 1.89. The lowest BCUT2D eigenvalue weighted by atomic mass is 10.4. The molecule has 4 nitrogen and oxygen atoms in total. The van der Waals surface area contributed by atoms with Gasteiger partial charge < -0.3 is 14.6 Å². The molecule has 0 bridgehead atoms. The van der Waals surface area contributed by atoms with Gasteiger partial charge in [-0.05, 0) is 12.5 Å². The zero-order valence-electron chi connectivity index (χ0n) is 8.57. The van der Waals surface area contributed by atoms with Crippen LogP contribution < -0.4 is 0 Å². The Morgan fingerprint density at radius 1 is 1.50 bits per heavy atom. The van der Waals surface area contributed by atoms with Crippen molar-refractivity contribution < 1.29 is 19.4 Å². The first-order valence-electron chi connectivity index (χ1n) is 4.69. The Kier molecular flexibility index (Phi) is 8.42. The summed E-state index contributed by atoms with van der Waals surface area (Å²) in [5.74, 6) is -0.188. The van der Waals surface area contributed by atoms with Crippen molar-refractivity contribution in [1.82, 2.24) is 0 Å². The second-order valence-electron chi connectivity index (χ2n) is 2.91. The molecule has 0 aliphatic rings. The Labute approximate surface area is 84.5 Å². The molecule has 82 valence electrons. The first-order chi connectivity index (χ1) is 6.70. The fraction of sp³-hybridized carbons (Fsp3) is 0.700. The Balaban J connectivity index is 3.30. The molecule has 0 heterocycles. The molecular formula is C10H18O4. The van der Waals surface area contributed by atoms with Gasteiger partial charge in [-0.3, -0.25) is 4.79 Å². The van der Waals surface area contributed by atoms with E-state index in [2.05, 4.69) is 6.58 Å². The minimum Gasteiger partial charge on any atom is -0.388 e. The van der Waals surface area contributed by atoms with Crippen molar-refractivity contribution in [3.05, 3.63) is 12.7 Å². The molecule has 4 heteroatoms. The molecule has 1 unspecified atom stereocenters. The van der Waals surface area contributed by atoms with Crippen LogP contribution in [0.3, 0.4) is 0 Å². The number of aliphatic hydroxyl groups is 1. The van der Waals surface area contributed by atoms with E-state index in [-0.39, 0.29) is 25.6 Å². The zero-order chi connectivity index (χ0) is 10.8. The highest BCUT2D eigenvalue weighted by molar-refractivity contribution is 5.90. The standard InChI is InChI=1S/C10H18O4/c1-3-5-13-7-10(12)8-14-6-9(11)4-2/h4,10,12H,2-3,5-8H2,1H3. The quantitative estimate of drug-likeness (QED) is 0.438. The SMILES string of the molecule is C=CC(=O)COCC(O)COCCC. The van der Waals surface area contributed by atoms with Crippen molar-refractivity contribution in [3.63, 3.8) is 0 Å². The van der Waals surface area contributed by atoms with Crippen LogP contribution in [-0.4, -0.2) is 43.4 Å². The largest absolute Gasteiger partial charge is 0.388 e. The fourth-order valence-corrected chi connectivity index (χ4v) is 0.766. The van der Waals surface area contributed by atoms with Crippen molar-refractivity contribution >= 4 is 5.78 Å². The molecule has 0 rings (SSSR count). The van der Waals surface area contributed by atoms with Gasteiger partial charge in [0.2, 0.25) is 0 Å². The first kappa shape index (κ1) is 13.3. The summed E-state index contributed by atoms with van der Waals surface area (Å²) in [4.78, 5) is 10.7. The van der Waals surface area contributed by atoms with Crippen LogP contribution in [-0.2, 0) is 14.3 Å². The predicted molar refractivity (Wildman–Crippen MR) is 53.1 cm³/mol. The highest BCUT2D eigenvalue weighted by Gasteiger charge is 2.04. The molecule has 14 heavy (non-hydrogen) atoms. The second kappa shape index (κ2) is 8.87. The molecule has 0 fully saturated rings. The van der Waals surface area contributed by atoms with Crippen LogP contribution in [0.2, 0.25) is 0 Å². The van der Waals surface area contributed by atoms with E-state index in [1.165, 1.54) is 6.08 Å². The maximum atomic E-state index is 10.7. The summed E-state index contributed by atoms with van der Waals surface area (Å²) < 4.78 is 10.0. The van der Waals surface area contributed by atoms with Crippen LogP contribution >= 0.6 is 0 Å². The number of aliphatic hydroxyl groups excluding tert-OH is 1. The van der Waals surface area contributed by atoms with Crippen LogP contribution in [0.1, 0.15) is 13.3 Å². The molecule has 0 aliphatic carbocycles. The van der Waals surface area contributed by atoms with Crippen molar-refractivity contribution in [2.75, 3.05) is 26.4 Å². The summed E-state index contributed by atoms with van der Waals surface area (Å²) in [7, 11) is 0. The number of ether oxygens (including phenoxy) is 2. The lowest BCUT2D eigenvalue weighted by Gasteiger charge is -2.10. The number of hydrogen-bond acceptors (Lipinski definition) is 4. The summed E-state index contributed by atoms with van der Waals surface area (Å²) >= 11 is 0. The van der Waals surface area contributed by atoms with Gasteiger partial charge in [0, 0.05) is 6.61 Å². The molecule has 1 N–H and O–H groups in total. The van der Waals surface area contributed by atoms with Crippen molar-refractivity contribution in [2.24, 2.45) is 0 Å². The third-order valence-electron chi connectivity index (χ3n) is 1.44. The summed E-state index contributed by atoms with van der Waals surface area (Å²) in [6.07, 6.45) is 1.45. The van der Waals surface area contributed by atoms with E-state index in [1.54, 1.807) is 0 Å². The average Bonchev–Trinajstić information content (AvgIpc) is 2.18. The van der Waals surface area contributed by atoms with Gasteiger partial charge in [-0.1, -0.05) is 13.5 Å². The summed E-state index contributed by atoms with van der Waals surface area (Å²) in [6, 6.07) is 0. The number of ketones is 1. The van der Waals surface area contributed by atoms with E-state index < -0.39 is 6.10 Å². The van der Waals surface area contributed by atoms with E-state index in [1.807, 2.05) is 6.92 Å². The topological polar surface area (TPSA) is 55.8 Å². The molecule has 0 aliphatic heterocycles. The molecule has 0 radical (unpaired) electrons. The molecule has 1 atom stereocenters. The highest BCUT2D eigenvalue weighted by atomic mass is 16.5. The van der Waals surface area contributed by atoms with E-state index in [4.69, 9.17) is 9.47 Å². The maximum Gasteiger partial charge on any atom is 0.180 e. The molecule has 0 aromatic carbocycles. The average molecular weight is 202 g/mol. The third-order valence-corrected chi connectivity index (χ3v) is 1.44. The number of carbonyl (C=O) groups is 1. The monoisotopic (exact) mass is 202 g/mol. The Hall–Kier alpha value is -0.710. The molecule has 0 spiro atoms. The molecular weight excluding hydrogens is 184 g/mol. The number of carbonyl (C=O) groups excluding carboxylic acids is 1. The van der Waals surface area contributed by atoms with E-state index in [9.17, 15) is 9.90 Å². The fourth-order valence-electron chi connectivity index (χ4n) is 0.766. The van der Waals surface area contributed by atoms with Gasteiger partial charge in [0.25, 0.3) is 0 Å². The number of rotatable bonds is 9. The summed E-state index contributed by atoms with van der Waals surface area (Å²) in [5.41, 5.74) is 0. The van der Waals surface area contributed by atoms with Crippen molar-refractivity contribution in [1.29, 1.82) is 0 Å². The minimum atomic E-state index is -0.667. The van der Waals surface area contributed by atoms with Gasteiger partial charge in [0.1, 0.15) is 12.7 Å². The van der Waals surface area contributed by atoms with E-state index in [0.717, 1.165) is 6.42 Å². The summed E-state index contributed by atoms with van der Waals surface area (Å²) in [5, 5.41) is 9.27. The zero-order valence-corrected chi connectivity index (χ0v) is 8.57. The van der Waals surface area contributed by atoms with Gasteiger partial charge in [-0.2, -0.15) is 0 Å². The van der Waals surface area contributed by atoms with E-state index >= 15 is 0 Å². The van der Waals surface area contributed by atoms with Crippen LogP contribution in [0.4, 0.5) is 0 Å². The molecule has 0 saturated carbocycles. The maximum absolute atomic E-state index is 10.7. The van der Waals surface area contributed by atoms with Crippen LogP contribution in [0, 0.1) is 0 Å². The first-order valence-corrected chi connectivity index (χ1v) is 4.69. The number of hydrogen-bond donors (Lipinski definition) is 1. The normalized spacial score (nSPS) is 12.4. The molecule has 0 aromatic rings. The molecule has 0 aromatic heterocycles. The van der Waals surface area contributed by atoms with Crippen LogP contribution in [0.15, 0.2) is 12.7 Å².